The van der Waals surface area contributed by atoms with Crippen LogP contribution in [0.3, 0.4) is 0 Å². The summed E-state index contributed by atoms with van der Waals surface area (Å²) in [5.41, 5.74) is 10.5. The molecule has 1 amide bonds. The van der Waals surface area contributed by atoms with E-state index < -0.39 is 11.4 Å². The Morgan fingerprint density at radius 2 is 2.12 bits per heavy atom. The van der Waals surface area contributed by atoms with Crippen LogP contribution in [0.5, 0.6) is 5.88 Å². The maximum absolute atomic E-state index is 11.2. The van der Waals surface area contributed by atoms with Crippen molar-refractivity contribution >= 4 is 17.4 Å². The Bertz CT molecular complexity index is 404. The number of nitrogen functional groups attached to an aromatic ring is 1. The molecule has 0 radical (unpaired) electrons. The number of anilines is 2. The minimum atomic E-state index is -0.923. The second-order valence-corrected chi connectivity index (χ2v) is 3.91. The summed E-state index contributed by atoms with van der Waals surface area (Å²) in [6, 6.07) is 3.28. The maximum Gasteiger partial charge on any atom is 0.242 e. The van der Waals surface area contributed by atoms with E-state index >= 15 is 0 Å². The standard InChI is InChI=1S/C10H16N4O2/c1-10(2,9(12)15)14-8-6(11)4-5-7(13-8)16-3/h4-5H,11H2,1-3H3,(H2,12,15)(H,13,14). The molecule has 1 heterocycles. The third-order valence-corrected chi connectivity index (χ3v) is 2.16. The largest absolute Gasteiger partial charge is 0.481 e. The smallest absolute Gasteiger partial charge is 0.242 e. The molecule has 1 aromatic heterocycles. The number of ether oxygens (including phenoxy) is 1. The van der Waals surface area contributed by atoms with Crippen molar-refractivity contribution in [3.63, 3.8) is 0 Å². The van der Waals surface area contributed by atoms with Crippen LogP contribution in [-0.2, 0) is 4.79 Å². The number of methoxy groups -OCH3 is 1. The number of hydrogen-bond acceptors (Lipinski definition) is 5. The Morgan fingerprint density at radius 3 is 2.62 bits per heavy atom. The van der Waals surface area contributed by atoms with Crippen molar-refractivity contribution in [3.8, 4) is 5.88 Å². The van der Waals surface area contributed by atoms with Crippen LogP contribution in [0.25, 0.3) is 0 Å². The van der Waals surface area contributed by atoms with Gasteiger partial charge in [-0.15, -0.1) is 0 Å². The summed E-state index contributed by atoms with van der Waals surface area (Å²) >= 11 is 0. The lowest BCUT2D eigenvalue weighted by Gasteiger charge is -2.23. The minimum Gasteiger partial charge on any atom is -0.481 e. The number of pyridine rings is 1. The van der Waals surface area contributed by atoms with Crippen LogP contribution in [0.15, 0.2) is 12.1 Å². The second kappa shape index (κ2) is 4.26. The molecule has 6 nitrogen and oxygen atoms in total. The first-order valence-electron chi connectivity index (χ1n) is 4.75. The lowest BCUT2D eigenvalue weighted by molar-refractivity contribution is -0.121. The van der Waals surface area contributed by atoms with E-state index in [1.54, 1.807) is 26.0 Å². The fourth-order valence-corrected chi connectivity index (χ4v) is 1.02. The number of rotatable bonds is 4. The van der Waals surface area contributed by atoms with Crippen molar-refractivity contribution in [2.24, 2.45) is 5.73 Å². The van der Waals surface area contributed by atoms with Crippen LogP contribution in [0.1, 0.15) is 13.8 Å². The number of aromatic nitrogens is 1. The highest BCUT2D eigenvalue weighted by Gasteiger charge is 2.25. The highest BCUT2D eigenvalue weighted by Crippen LogP contribution is 2.22. The number of nitrogens with two attached hydrogens (primary N) is 2. The predicted octanol–water partition coefficient (Wildman–Crippen LogP) is 0.348. The van der Waals surface area contributed by atoms with Gasteiger partial charge in [-0.3, -0.25) is 4.79 Å². The lowest BCUT2D eigenvalue weighted by Crippen LogP contribution is -2.45. The summed E-state index contributed by atoms with van der Waals surface area (Å²) in [7, 11) is 1.50. The highest BCUT2D eigenvalue weighted by molar-refractivity contribution is 5.87. The number of nitrogens with zero attached hydrogens (tertiary/aromatic N) is 1. The van der Waals surface area contributed by atoms with Crippen LogP contribution in [0.4, 0.5) is 11.5 Å². The van der Waals surface area contributed by atoms with Gasteiger partial charge in [-0.1, -0.05) is 0 Å². The first kappa shape index (κ1) is 12.1. The summed E-state index contributed by atoms with van der Waals surface area (Å²) in [5.74, 6) is 0.302. The van der Waals surface area contributed by atoms with Gasteiger partial charge in [0.15, 0.2) is 5.82 Å². The summed E-state index contributed by atoms with van der Waals surface area (Å²) < 4.78 is 4.96. The van der Waals surface area contributed by atoms with E-state index in [1.807, 2.05) is 0 Å². The molecule has 0 bridgehead atoms. The quantitative estimate of drug-likeness (QED) is 0.684. The Morgan fingerprint density at radius 1 is 1.50 bits per heavy atom. The molecule has 0 saturated heterocycles. The number of carbonyl (C=O) groups is 1. The molecule has 0 saturated carbocycles. The Balaban J connectivity index is 3.00. The molecule has 1 aromatic rings. The molecule has 0 aliphatic rings. The van der Waals surface area contributed by atoms with E-state index in [1.165, 1.54) is 7.11 Å². The van der Waals surface area contributed by atoms with Gasteiger partial charge in [0.1, 0.15) is 5.54 Å². The number of primary amides is 1. The van der Waals surface area contributed by atoms with Crippen LogP contribution in [0, 0.1) is 0 Å². The van der Waals surface area contributed by atoms with Crippen LogP contribution in [0.2, 0.25) is 0 Å². The van der Waals surface area contributed by atoms with Crippen LogP contribution < -0.4 is 21.5 Å². The fourth-order valence-electron chi connectivity index (χ4n) is 1.02. The molecule has 0 unspecified atom stereocenters. The predicted molar refractivity (Wildman–Crippen MR) is 62.1 cm³/mol. The number of amides is 1. The number of hydrogen-bond donors (Lipinski definition) is 3. The van der Waals surface area contributed by atoms with E-state index in [0.29, 0.717) is 17.4 Å². The van der Waals surface area contributed by atoms with Gasteiger partial charge in [0.2, 0.25) is 11.8 Å². The number of carbonyl (C=O) groups excluding carboxylic acids is 1. The zero-order valence-electron chi connectivity index (χ0n) is 9.57. The molecule has 0 aromatic carbocycles. The topological polar surface area (TPSA) is 103 Å². The van der Waals surface area contributed by atoms with E-state index in [9.17, 15) is 4.79 Å². The Kier molecular flexibility index (Phi) is 3.22. The summed E-state index contributed by atoms with van der Waals surface area (Å²) in [4.78, 5) is 15.2. The van der Waals surface area contributed by atoms with E-state index in [0.717, 1.165) is 0 Å². The minimum absolute atomic E-state index is 0.378. The van der Waals surface area contributed by atoms with Gasteiger partial charge in [-0.05, 0) is 19.9 Å². The average molecular weight is 224 g/mol. The zero-order chi connectivity index (χ0) is 12.3. The number of nitrogens with one attached hydrogen (secondary N) is 1. The molecule has 16 heavy (non-hydrogen) atoms. The molecule has 0 spiro atoms. The van der Waals surface area contributed by atoms with Crippen molar-refractivity contribution in [2.45, 2.75) is 19.4 Å². The first-order valence-corrected chi connectivity index (χ1v) is 4.75. The fraction of sp³-hybridized carbons (Fsp3) is 0.400. The average Bonchev–Trinajstić information content (AvgIpc) is 2.21. The second-order valence-electron chi connectivity index (χ2n) is 3.91. The van der Waals surface area contributed by atoms with Gasteiger partial charge in [0, 0.05) is 6.07 Å². The molecule has 0 aliphatic carbocycles. The Labute approximate surface area is 94.0 Å². The first-order chi connectivity index (χ1) is 7.36. The maximum atomic E-state index is 11.2. The lowest BCUT2D eigenvalue weighted by atomic mass is 10.1. The van der Waals surface area contributed by atoms with E-state index in [2.05, 4.69) is 10.3 Å². The summed E-state index contributed by atoms with van der Waals surface area (Å²) in [5, 5.41) is 2.87. The van der Waals surface area contributed by atoms with Gasteiger partial charge in [0.05, 0.1) is 12.8 Å². The van der Waals surface area contributed by atoms with Gasteiger partial charge >= 0.3 is 0 Å². The van der Waals surface area contributed by atoms with Crippen molar-refractivity contribution in [1.29, 1.82) is 0 Å². The van der Waals surface area contributed by atoms with Crippen LogP contribution in [-0.4, -0.2) is 23.5 Å². The molecule has 6 heteroatoms. The molecule has 5 N–H and O–H groups in total. The van der Waals surface area contributed by atoms with Gasteiger partial charge in [-0.2, -0.15) is 4.98 Å². The summed E-state index contributed by atoms with van der Waals surface area (Å²) in [6.07, 6.45) is 0. The molecular formula is C10H16N4O2. The van der Waals surface area contributed by atoms with Crippen molar-refractivity contribution in [1.82, 2.24) is 4.98 Å². The monoisotopic (exact) mass is 224 g/mol. The Hall–Kier alpha value is -1.98. The third-order valence-electron chi connectivity index (χ3n) is 2.16. The molecule has 88 valence electrons. The van der Waals surface area contributed by atoms with Gasteiger partial charge < -0.3 is 21.5 Å². The zero-order valence-corrected chi connectivity index (χ0v) is 9.57. The SMILES string of the molecule is COc1ccc(N)c(NC(C)(C)C(N)=O)n1. The summed E-state index contributed by atoms with van der Waals surface area (Å²) in [6.45, 7) is 3.30. The third kappa shape index (κ3) is 2.53. The van der Waals surface area contributed by atoms with Crippen molar-refractivity contribution < 1.29 is 9.53 Å². The highest BCUT2D eigenvalue weighted by atomic mass is 16.5. The van der Waals surface area contributed by atoms with Gasteiger partial charge in [-0.25, -0.2) is 0 Å². The molecule has 0 atom stereocenters. The van der Waals surface area contributed by atoms with Crippen LogP contribution >= 0.6 is 0 Å². The molecule has 1 rings (SSSR count). The van der Waals surface area contributed by atoms with E-state index in [-0.39, 0.29) is 0 Å². The van der Waals surface area contributed by atoms with E-state index in [4.69, 9.17) is 16.2 Å². The normalized spacial score (nSPS) is 10.9. The van der Waals surface area contributed by atoms with Crippen molar-refractivity contribution in [3.05, 3.63) is 12.1 Å². The molecular weight excluding hydrogens is 208 g/mol. The van der Waals surface area contributed by atoms with Gasteiger partial charge in [0.25, 0.3) is 0 Å². The van der Waals surface area contributed by atoms with Crippen molar-refractivity contribution in [2.75, 3.05) is 18.2 Å². The molecule has 0 fully saturated rings. The molecule has 0 aliphatic heterocycles.